The molecule has 19 heavy (non-hydrogen) atoms. The van der Waals surface area contributed by atoms with Crippen molar-refractivity contribution in [2.75, 3.05) is 5.43 Å². The second-order valence-corrected chi connectivity index (χ2v) is 3.41. The van der Waals surface area contributed by atoms with Crippen LogP contribution in [0.15, 0.2) is 18.7 Å². The summed E-state index contributed by atoms with van der Waals surface area (Å²) >= 11 is 0. The number of nitrogen functional groups attached to an aromatic ring is 1. The van der Waals surface area contributed by atoms with Crippen LogP contribution >= 0.6 is 0 Å². The molecule has 0 bridgehead atoms. The lowest BCUT2D eigenvalue weighted by atomic mass is 10.4. The monoisotopic (exact) mass is 265 g/mol. The number of nitrogens with one attached hydrogen (secondary N) is 1. The summed E-state index contributed by atoms with van der Waals surface area (Å²) in [5.41, 5.74) is 1.69. The van der Waals surface area contributed by atoms with Gasteiger partial charge in [0.1, 0.15) is 6.33 Å². The minimum atomic E-state index is -0.672. The number of hydrazine groups is 1. The third kappa shape index (κ3) is 2.57. The van der Waals surface area contributed by atoms with E-state index >= 15 is 0 Å². The van der Waals surface area contributed by atoms with Crippen molar-refractivity contribution in [1.29, 1.82) is 0 Å². The number of ether oxygens (including phenoxy) is 1. The van der Waals surface area contributed by atoms with Gasteiger partial charge in [-0.2, -0.15) is 10.1 Å². The molecule has 10 nitrogen and oxygen atoms in total. The molecule has 0 unspecified atom stereocenters. The molecule has 100 valence electrons. The van der Waals surface area contributed by atoms with Crippen LogP contribution in [0.5, 0.6) is 11.6 Å². The van der Waals surface area contributed by atoms with E-state index < -0.39 is 10.6 Å². The predicted molar refractivity (Wildman–Crippen MR) is 64.5 cm³/mol. The third-order valence-electron chi connectivity index (χ3n) is 2.26. The van der Waals surface area contributed by atoms with Crippen molar-refractivity contribution in [3.05, 3.63) is 28.8 Å². The van der Waals surface area contributed by atoms with E-state index in [1.54, 1.807) is 10.9 Å². The molecule has 0 saturated heterocycles. The summed E-state index contributed by atoms with van der Waals surface area (Å²) in [5, 5.41) is 15.0. The van der Waals surface area contributed by atoms with Gasteiger partial charge < -0.3 is 10.2 Å². The maximum atomic E-state index is 11.0. The highest BCUT2D eigenvalue weighted by atomic mass is 16.6. The number of hydrogen-bond acceptors (Lipinski definition) is 8. The average Bonchev–Trinajstić information content (AvgIpc) is 2.85. The second-order valence-electron chi connectivity index (χ2n) is 3.41. The van der Waals surface area contributed by atoms with Gasteiger partial charge in [-0.05, 0) is 6.92 Å². The van der Waals surface area contributed by atoms with Gasteiger partial charge in [0, 0.05) is 6.54 Å². The van der Waals surface area contributed by atoms with Crippen LogP contribution in [0.2, 0.25) is 0 Å². The van der Waals surface area contributed by atoms with Gasteiger partial charge in [0.15, 0.2) is 5.75 Å². The molecule has 0 aromatic carbocycles. The Balaban J connectivity index is 2.36. The van der Waals surface area contributed by atoms with Gasteiger partial charge in [0.2, 0.25) is 5.82 Å². The molecule has 0 fully saturated rings. The number of anilines is 1. The first kappa shape index (κ1) is 12.7. The fraction of sp³-hybridized carbons (Fsp3) is 0.222. The zero-order valence-corrected chi connectivity index (χ0v) is 9.98. The SMILES string of the molecule is CCn1cc(Oc2ncnc(NN)c2[N+](=O)[O-])cn1. The molecule has 0 spiro atoms. The Bertz CT molecular complexity index is 597. The van der Waals surface area contributed by atoms with Gasteiger partial charge in [-0.15, -0.1) is 0 Å². The standard InChI is InChI=1S/C9H11N7O3/c1-2-15-4-6(3-13-15)19-9-7(16(17)18)8(14-10)11-5-12-9/h3-5H,2,10H2,1H3,(H,11,12,14). The lowest BCUT2D eigenvalue weighted by Gasteiger charge is -2.05. The normalized spacial score (nSPS) is 10.2. The fourth-order valence-corrected chi connectivity index (χ4v) is 1.39. The third-order valence-corrected chi connectivity index (χ3v) is 2.26. The minimum Gasteiger partial charge on any atom is -0.430 e. The van der Waals surface area contributed by atoms with E-state index in [2.05, 4.69) is 20.5 Å². The molecule has 2 aromatic heterocycles. The number of aryl methyl sites for hydroxylation is 1. The molecule has 0 atom stereocenters. The molecule has 0 aliphatic rings. The van der Waals surface area contributed by atoms with E-state index in [4.69, 9.17) is 10.6 Å². The Morgan fingerprint density at radius 3 is 2.95 bits per heavy atom. The molecule has 0 radical (unpaired) electrons. The molecule has 2 heterocycles. The van der Waals surface area contributed by atoms with Crippen molar-refractivity contribution in [2.45, 2.75) is 13.5 Å². The maximum absolute atomic E-state index is 11.0. The zero-order chi connectivity index (χ0) is 13.8. The Hall–Kier alpha value is -2.75. The zero-order valence-electron chi connectivity index (χ0n) is 9.98. The summed E-state index contributed by atoms with van der Waals surface area (Å²) in [5.74, 6) is 5.17. The van der Waals surface area contributed by atoms with Crippen molar-refractivity contribution in [3.8, 4) is 11.6 Å². The van der Waals surface area contributed by atoms with E-state index in [-0.39, 0.29) is 11.7 Å². The molecule has 0 aliphatic carbocycles. The lowest BCUT2D eigenvalue weighted by Crippen LogP contribution is -2.12. The van der Waals surface area contributed by atoms with Crippen LogP contribution < -0.4 is 16.0 Å². The van der Waals surface area contributed by atoms with Crippen LogP contribution in [0.3, 0.4) is 0 Å². The highest BCUT2D eigenvalue weighted by Gasteiger charge is 2.24. The fourth-order valence-electron chi connectivity index (χ4n) is 1.39. The van der Waals surface area contributed by atoms with Gasteiger partial charge >= 0.3 is 11.6 Å². The van der Waals surface area contributed by atoms with Crippen LogP contribution in [0.25, 0.3) is 0 Å². The molecular formula is C9H11N7O3. The first-order valence-electron chi connectivity index (χ1n) is 5.32. The summed E-state index contributed by atoms with van der Waals surface area (Å²) < 4.78 is 6.94. The van der Waals surface area contributed by atoms with Crippen molar-refractivity contribution < 1.29 is 9.66 Å². The highest BCUT2D eigenvalue weighted by molar-refractivity contribution is 5.60. The van der Waals surface area contributed by atoms with Gasteiger partial charge in [-0.3, -0.25) is 14.8 Å². The molecular weight excluding hydrogens is 254 g/mol. The van der Waals surface area contributed by atoms with Crippen molar-refractivity contribution in [1.82, 2.24) is 19.7 Å². The van der Waals surface area contributed by atoms with Crippen LogP contribution in [-0.4, -0.2) is 24.7 Å². The smallest absolute Gasteiger partial charge is 0.374 e. The minimum absolute atomic E-state index is 0.127. The van der Waals surface area contributed by atoms with Gasteiger partial charge in [0.05, 0.1) is 17.3 Å². The molecule has 0 aliphatic heterocycles. The van der Waals surface area contributed by atoms with Crippen LogP contribution in [0.1, 0.15) is 6.92 Å². The average molecular weight is 265 g/mol. The highest BCUT2D eigenvalue weighted by Crippen LogP contribution is 2.33. The van der Waals surface area contributed by atoms with E-state index in [0.29, 0.717) is 12.3 Å². The molecule has 3 N–H and O–H groups in total. The van der Waals surface area contributed by atoms with E-state index in [1.807, 2.05) is 6.92 Å². The second kappa shape index (κ2) is 5.27. The van der Waals surface area contributed by atoms with E-state index in [9.17, 15) is 10.1 Å². The Labute approximate surface area is 107 Å². The maximum Gasteiger partial charge on any atom is 0.374 e. The Kier molecular flexibility index (Phi) is 3.52. The Morgan fingerprint density at radius 2 is 2.37 bits per heavy atom. The van der Waals surface area contributed by atoms with Crippen LogP contribution in [0.4, 0.5) is 11.5 Å². The predicted octanol–water partition coefficient (Wildman–Crippen LogP) is 0.679. The summed E-state index contributed by atoms with van der Waals surface area (Å²) in [6.45, 7) is 2.56. The summed E-state index contributed by atoms with van der Waals surface area (Å²) in [6, 6.07) is 0. The van der Waals surface area contributed by atoms with Crippen LogP contribution in [0, 0.1) is 10.1 Å². The number of nitrogens with zero attached hydrogens (tertiary/aromatic N) is 5. The summed E-state index contributed by atoms with van der Waals surface area (Å²) in [7, 11) is 0. The quantitative estimate of drug-likeness (QED) is 0.457. The van der Waals surface area contributed by atoms with Gasteiger partial charge in [-0.25, -0.2) is 10.8 Å². The van der Waals surface area contributed by atoms with Crippen molar-refractivity contribution >= 4 is 11.5 Å². The van der Waals surface area contributed by atoms with E-state index in [1.165, 1.54) is 6.20 Å². The topological polar surface area (TPSA) is 134 Å². The van der Waals surface area contributed by atoms with Gasteiger partial charge in [-0.1, -0.05) is 0 Å². The number of rotatable bonds is 5. The lowest BCUT2D eigenvalue weighted by molar-refractivity contribution is -0.385. The number of nitrogens with two attached hydrogens (primary N) is 1. The first-order chi connectivity index (χ1) is 9.15. The van der Waals surface area contributed by atoms with Crippen molar-refractivity contribution in [3.63, 3.8) is 0 Å². The number of nitro groups is 1. The molecule has 10 heteroatoms. The molecule has 0 amide bonds. The molecule has 0 saturated carbocycles. The molecule has 2 aromatic rings. The van der Waals surface area contributed by atoms with Crippen molar-refractivity contribution in [2.24, 2.45) is 5.84 Å². The summed E-state index contributed by atoms with van der Waals surface area (Å²) in [4.78, 5) is 17.7. The molecule has 2 rings (SSSR count). The van der Waals surface area contributed by atoms with Gasteiger partial charge in [0.25, 0.3) is 0 Å². The first-order valence-corrected chi connectivity index (χ1v) is 5.32. The van der Waals surface area contributed by atoms with Crippen LogP contribution in [-0.2, 0) is 6.54 Å². The number of aromatic nitrogens is 4. The number of hydrogen-bond donors (Lipinski definition) is 2. The van der Waals surface area contributed by atoms with E-state index in [0.717, 1.165) is 6.33 Å². The summed E-state index contributed by atoms with van der Waals surface area (Å²) in [6.07, 6.45) is 4.15. The Morgan fingerprint density at radius 1 is 1.58 bits per heavy atom. The largest absolute Gasteiger partial charge is 0.430 e.